The van der Waals surface area contributed by atoms with Gasteiger partial charge in [0.1, 0.15) is 10.6 Å². The van der Waals surface area contributed by atoms with Crippen molar-refractivity contribution in [1.29, 1.82) is 0 Å². The van der Waals surface area contributed by atoms with Gasteiger partial charge in [-0.25, -0.2) is 4.98 Å². The van der Waals surface area contributed by atoms with Crippen LogP contribution in [-0.2, 0) is 0 Å². The van der Waals surface area contributed by atoms with Crippen molar-refractivity contribution < 1.29 is 5.11 Å². The van der Waals surface area contributed by atoms with Crippen molar-refractivity contribution in [1.82, 2.24) is 9.97 Å². The summed E-state index contributed by atoms with van der Waals surface area (Å²) in [5.74, 6) is 1.68. The van der Waals surface area contributed by atoms with Crippen molar-refractivity contribution >= 4 is 33.3 Å². The number of aliphatic hydroxyl groups excluding tert-OH is 1. The fraction of sp³-hybridized carbons (Fsp3) is 0.571. The van der Waals surface area contributed by atoms with Crippen molar-refractivity contribution in [2.45, 2.75) is 31.7 Å². The van der Waals surface area contributed by atoms with E-state index in [0.717, 1.165) is 29.0 Å². The first-order valence-corrected chi connectivity index (χ1v) is 8.02. The number of hydrogen-bond donors (Lipinski definition) is 2. The number of anilines is 2. The van der Waals surface area contributed by atoms with Crippen molar-refractivity contribution in [2.24, 2.45) is 0 Å². The second-order valence-electron chi connectivity index (χ2n) is 5.12. The van der Waals surface area contributed by atoms with E-state index in [0.29, 0.717) is 12.0 Å². The fourth-order valence-corrected chi connectivity index (χ4v) is 3.33. The van der Waals surface area contributed by atoms with Crippen LogP contribution >= 0.6 is 11.3 Å². The van der Waals surface area contributed by atoms with E-state index in [2.05, 4.69) is 31.6 Å². The molecule has 0 aliphatic heterocycles. The standard InChI is InChI=1S/C14H20N4OS/c1-15-14-16-12(11-6-9-20-13(11)17-14)18(7-3-8-19)10-4-2-5-10/h6,9-10,19H,2-5,7-8H2,1H3,(H,15,16,17). The molecule has 3 rings (SSSR count). The zero-order chi connectivity index (χ0) is 13.9. The van der Waals surface area contributed by atoms with Gasteiger partial charge in [0.2, 0.25) is 5.95 Å². The lowest BCUT2D eigenvalue weighted by molar-refractivity contribution is 0.282. The number of nitrogens with one attached hydrogen (secondary N) is 1. The molecule has 1 aliphatic carbocycles. The molecule has 0 saturated heterocycles. The predicted octanol–water partition coefficient (Wildman–Crippen LogP) is 2.47. The van der Waals surface area contributed by atoms with Crippen LogP contribution in [0.1, 0.15) is 25.7 Å². The summed E-state index contributed by atoms with van der Waals surface area (Å²) in [5.41, 5.74) is 0. The normalized spacial score (nSPS) is 15.3. The highest BCUT2D eigenvalue weighted by atomic mass is 32.1. The van der Waals surface area contributed by atoms with Gasteiger partial charge in [-0.3, -0.25) is 0 Å². The lowest BCUT2D eigenvalue weighted by Crippen LogP contribution is -2.41. The van der Waals surface area contributed by atoms with Crippen LogP contribution < -0.4 is 10.2 Å². The number of rotatable bonds is 6. The maximum absolute atomic E-state index is 9.14. The van der Waals surface area contributed by atoms with Crippen LogP contribution in [0.5, 0.6) is 0 Å². The average molecular weight is 292 g/mol. The maximum Gasteiger partial charge on any atom is 0.225 e. The molecule has 2 aromatic heterocycles. The van der Waals surface area contributed by atoms with E-state index in [4.69, 9.17) is 5.11 Å². The molecule has 0 amide bonds. The van der Waals surface area contributed by atoms with Gasteiger partial charge in [-0.15, -0.1) is 11.3 Å². The van der Waals surface area contributed by atoms with Gasteiger partial charge in [0.15, 0.2) is 0 Å². The monoisotopic (exact) mass is 292 g/mol. The number of aliphatic hydroxyl groups is 1. The highest BCUT2D eigenvalue weighted by molar-refractivity contribution is 7.16. The Kier molecular flexibility index (Phi) is 4.03. The SMILES string of the molecule is CNc1nc(N(CCCO)C2CCC2)c2ccsc2n1. The van der Waals surface area contributed by atoms with Gasteiger partial charge in [-0.1, -0.05) is 0 Å². The average Bonchev–Trinajstić information content (AvgIpc) is 2.88. The maximum atomic E-state index is 9.14. The van der Waals surface area contributed by atoms with Crippen LogP contribution in [0.4, 0.5) is 11.8 Å². The molecule has 1 fully saturated rings. The third-order valence-electron chi connectivity index (χ3n) is 3.87. The molecular weight excluding hydrogens is 272 g/mol. The molecule has 2 heterocycles. The van der Waals surface area contributed by atoms with E-state index in [1.807, 2.05) is 7.05 Å². The van der Waals surface area contributed by atoms with Crippen molar-refractivity contribution in [3.63, 3.8) is 0 Å². The molecule has 0 atom stereocenters. The first-order chi connectivity index (χ1) is 9.83. The molecule has 5 nitrogen and oxygen atoms in total. The Hall–Kier alpha value is -1.40. The smallest absolute Gasteiger partial charge is 0.225 e. The Morgan fingerprint density at radius 3 is 2.95 bits per heavy atom. The summed E-state index contributed by atoms with van der Waals surface area (Å²) in [6.07, 6.45) is 4.50. The molecule has 1 aliphatic rings. The Morgan fingerprint density at radius 2 is 2.30 bits per heavy atom. The van der Waals surface area contributed by atoms with Crippen LogP contribution in [0, 0.1) is 0 Å². The second-order valence-corrected chi connectivity index (χ2v) is 6.01. The summed E-state index contributed by atoms with van der Waals surface area (Å²) in [4.78, 5) is 12.6. The highest BCUT2D eigenvalue weighted by Crippen LogP contribution is 2.34. The molecule has 0 bridgehead atoms. The summed E-state index contributed by atoms with van der Waals surface area (Å²) in [6, 6.07) is 2.66. The minimum absolute atomic E-state index is 0.222. The first-order valence-electron chi connectivity index (χ1n) is 7.14. The Bertz CT molecular complexity index is 582. The Labute approximate surface area is 122 Å². The van der Waals surface area contributed by atoms with Gasteiger partial charge in [0.25, 0.3) is 0 Å². The van der Waals surface area contributed by atoms with E-state index in [1.54, 1.807) is 11.3 Å². The summed E-state index contributed by atoms with van der Waals surface area (Å²) >= 11 is 1.64. The summed E-state index contributed by atoms with van der Waals surface area (Å²) < 4.78 is 0. The largest absolute Gasteiger partial charge is 0.396 e. The van der Waals surface area contributed by atoms with Crippen LogP contribution in [-0.4, -0.2) is 41.3 Å². The van der Waals surface area contributed by atoms with Gasteiger partial charge >= 0.3 is 0 Å². The van der Waals surface area contributed by atoms with Crippen LogP contribution in [0.25, 0.3) is 10.2 Å². The van der Waals surface area contributed by atoms with Gasteiger partial charge < -0.3 is 15.3 Å². The van der Waals surface area contributed by atoms with Crippen molar-refractivity contribution in [3.05, 3.63) is 11.4 Å². The summed E-state index contributed by atoms with van der Waals surface area (Å²) in [6.45, 7) is 1.08. The third kappa shape index (κ3) is 2.45. The second kappa shape index (κ2) is 5.93. The number of nitrogens with zero attached hydrogens (tertiary/aromatic N) is 3. The van der Waals surface area contributed by atoms with Crippen molar-refractivity contribution in [3.8, 4) is 0 Å². The van der Waals surface area contributed by atoms with Crippen LogP contribution in [0.15, 0.2) is 11.4 Å². The zero-order valence-electron chi connectivity index (χ0n) is 11.7. The molecule has 1 saturated carbocycles. The predicted molar refractivity (Wildman–Crippen MR) is 83.6 cm³/mol. The molecule has 0 aromatic carbocycles. The molecule has 2 aromatic rings. The van der Waals surface area contributed by atoms with E-state index >= 15 is 0 Å². The minimum Gasteiger partial charge on any atom is -0.396 e. The number of thiophene rings is 1. The van der Waals surface area contributed by atoms with E-state index in [9.17, 15) is 0 Å². The zero-order valence-corrected chi connectivity index (χ0v) is 12.5. The Balaban J connectivity index is 2.01. The number of fused-ring (bicyclic) bond motifs is 1. The highest BCUT2D eigenvalue weighted by Gasteiger charge is 2.27. The van der Waals surface area contributed by atoms with Gasteiger partial charge in [-0.2, -0.15) is 4.98 Å². The van der Waals surface area contributed by atoms with Crippen LogP contribution in [0.2, 0.25) is 0 Å². The fourth-order valence-electron chi connectivity index (χ4n) is 2.57. The molecule has 20 heavy (non-hydrogen) atoms. The van der Waals surface area contributed by atoms with Gasteiger partial charge in [0, 0.05) is 26.2 Å². The first kappa shape index (κ1) is 13.6. The molecule has 108 valence electrons. The third-order valence-corrected chi connectivity index (χ3v) is 4.68. The summed E-state index contributed by atoms with van der Waals surface area (Å²) in [7, 11) is 1.85. The van der Waals surface area contributed by atoms with E-state index in [-0.39, 0.29) is 6.61 Å². The molecular formula is C14H20N4OS. The summed E-state index contributed by atoms with van der Waals surface area (Å²) in [5, 5.41) is 15.4. The quantitative estimate of drug-likeness (QED) is 0.856. The van der Waals surface area contributed by atoms with Crippen molar-refractivity contribution in [2.75, 3.05) is 30.4 Å². The molecule has 0 radical (unpaired) electrons. The number of aromatic nitrogens is 2. The number of hydrogen-bond acceptors (Lipinski definition) is 6. The molecule has 2 N–H and O–H groups in total. The molecule has 6 heteroatoms. The van der Waals surface area contributed by atoms with Crippen LogP contribution in [0.3, 0.4) is 0 Å². The van der Waals surface area contributed by atoms with E-state index in [1.165, 1.54) is 19.3 Å². The Morgan fingerprint density at radius 1 is 1.45 bits per heavy atom. The molecule has 0 unspecified atom stereocenters. The molecule has 0 spiro atoms. The minimum atomic E-state index is 0.222. The van der Waals surface area contributed by atoms with E-state index < -0.39 is 0 Å². The van der Waals surface area contributed by atoms with Gasteiger partial charge in [0.05, 0.1) is 5.39 Å². The lowest BCUT2D eigenvalue weighted by Gasteiger charge is -2.38. The van der Waals surface area contributed by atoms with Gasteiger partial charge in [-0.05, 0) is 37.1 Å². The topological polar surface area (TPSA) is 61.3 Å². The lowest BCUT2D eigenvalue weighted by atomic mass is 9.91.